The molecule has 0 spiro atoms. The summed E-state index contributed by atoms with van der Waals surface area (Å²) in [6, 6.07) is 0. The van der Waals surface area contributed by atoms with Crippen LogP contribution in [0.1, 0.15) is 0 Å². The monoisotopic (exact) mass is 318 g/mol. The maximum atomic E-state index is 12.4. The molecule has 0 amide bonds. The van der Waals surface area contributed by atoms with Gasteiger partial charge in [0.05, 0.1) is 0 Å². The van der Waals surface area contributed by atoms with E-state index in [1.165, 1.54) is 0 Å². The fraction of sp³-hybridized carbons (Fsp3) is 1.00. The van der Waals surface area contributed by atoms with Gasteiger partial charge in [-0.3, -0.25) is 0 Å². The second kappa shape index (κ2) is 4.31. The van der Waals surface area contributed by atoms with Crippen molar-refractivity contribution < 1.29 is 57.8 Å². The largest absolute Gasteiger partial charge is 0.460 e. The summed E-state index contributed by atoms with van der Waals surface area (Å²) in [4.78, 5) is 0. The molecule has 0 radical (unpaired) electrons. The van der Waals surface area contributed by atoms with Crippen LogP contribution in [0.2, 0.25) is 0 Å². The van der Waals surface area contributed by atoms with Gasteiger partial charge in [-0.15, -0.1) is 0 Å². The zero-order valence-electron chi connectivity index (χ0n) is 8.06. The molecule has 13 heteroatoms. The first-order valence-electron chi connectivity index (χ1n) is 3.85. The first-order valence-corrected chi connectivity index (χ1v) is 3.85. The molecular formula is C6H2F12O. The highest BCUT2D eigenvalue weighted by atomic mass is 19.4. The van der Waals surface area contributed by atoms with Crippen LogP contribution >= 0.6 is 0 Å². The predicted octanol–water partition coefficient (Wildman–Crippen LogP) is 3.38. The van der Waals surface area contributed by atoms with Gasteiger partial charge in [0, 0.05) is 0 Å². The normalized spacial score (nSPS) is 17.5. The first-order chi connectivity index (χ1) is 7.90. The number of hydrogen-bond acceptors (Lipinski definition) is 1. The van der Waals surface area contributed by atoms with Crippen molar-refractivity contribution in [3.8, 4) is 0 Å². The van der Waals surface area contributed by atoms with E-state index in [9.17, 15) is 52.7 Å². The zero-order valence-corrected chi connectivity index (χ0v) is 8.06. The molecule has 0 fully saturated rings. The number of hydrogen-bond donors (Lipinski definition) is 1. The van der Waals surface area contributed by atoms with Gasteiger partial charge in [0.25, 0.3) is 6.17 Å². The highest BCUT2D eigenvalue weighted by Crippen LogP contribution is 2.55. The van der Waals surface area contributed by atoms with Gasteiger partial charge in [0.15, 0.2) is 0 Å². The Balaban J connectivity index is 5.78. The van der Waals surface area contributed by atoms with E-state index < -0.39 is 36.2 Å². The molecule has 0 aromatic rings. The summed E-state index contributed by atoms with van der Waals surface area (Å²) < 4.78 is 144. The van der Waals surface area contributed by atoms with Gasteiger partial charge in [-0.1, -0.05) is 0 Å². The molecule has 0 saturated heterocycles. The lowest BCUT2D eigenvalue weighted by molar-refractivity contribution is -0.418. The molecule has 0 aromatic carbocycles. The van der Waals surface area contributed by atoms with E-state index >= 15 is 0 Å². The highest BCUT2D eigenvalue weighted by Gasteiger charge is 2.85. The quantitative estimate of drug-likeness (QED) is 0.788. The molecule has 0 heterocycles. The fourth-order valence-electron chi connectivity index (χ4n) is 0.765. The Morgan fingerprint density at radius 1 is 0.632 bits per heavy atom. The zero-order chi connectivity index (χ0) is 16.1. The minimum Gasteiger partial charge on any atom is -0.334 e. The summed E-state index contributed by atoms with van der Waals surface area (Å²) in [5.74, 6) is -22.2. The number of halogens is 12. The van der Waals surface area contributed by atoms with Crippen LogP contribution in [-0.2, 0) is 0 Å². The lowest BCUT2D eigenvalue weighted by Gasteiger charge is -2.35. The van der Waals surface area contributed by atoms with Crippen LogP contribution in [-0.4, -0.2) is 41.3 Å². The first kappa shape index (κ1) is 18.1. The number of rotatable bonds is 4. The molecule has 116 valence electrons. The molecule has 1 N–H and O–H groups in total. The Hall–Kier alpha value is -0.880. The summed E-state index contributed by atoms with van der Waals surface area (Å²) >= 11 is 0. The van der Waals surface area contributed by atoms with E-state index in [1.807, 2.05) is 0 Å². The minimum absolute atomic E-state index is 5.68. The summed E-state index contributed by atoms with van der Waals surface area (Å²) in [5, 5.41) is 7.41. The van der Waals surface area contributed by atoms with Gasteiger partial charge in [-0.25, -0.2) is 4.39 Å². The third-order valence-electron chi connectivity index (χ3n) is 1.79. The summed E-state index contributed by atoms with van der Waals surface area (Å²) in [6.45, 7) is 0. The lowest BCUT2D eigenvalue weighted by atomic mass is 9.99. The molecule has 0 aliphatic heterocycles. The minimum atomic E-state index is -7.55. The van der Waals surface area contributed by atoms with Gasteiger partial charge >= 0.3 is 30.1 Å². The van der Waals surface area contributed by atoms with Crippen molar-refractivity contribution in [2.45, 2.75) is 36.2 Å². The molecule has 0 aliphatic carbocycles. The molecule has 19 heavy (non-hydrogen) atoms. The standard InChI is InChI=1S/C6H2F12O/c7-1(3(10,11)19)2(8,9)4(12,13)5(14,15)6(16,17)18/h1,19H. The van der Waals surface area contributed by atoms with Gasteiger partial charge in [-0.2, -0.15) is 48.3 Å². The molecule has 0 aliphatic rings. The second-order valence-corrected chi connectivity index (χ2v) is 3.22. The number of aliphatic hydroxyl groups is 1. The average molecular weight is 318 g/mol. The molecule has 1 nitrogen and oxygen atoms in total. The van der Waals surface area contributed by atoms with Crippen LogP contribution < -0.4 is 0 Å². The molecular weight excluding hydrogens is 316 g/mol. The molecule has 1 unspecified atom stereocenters. The molecule has 1 atom stereocenters. The van der Waals surface area contributed by atoms with Gasteiger partial charge in [0.1, 0.15) is 0 Å². The maximum absolute atomic E-state index is 12.4. The van der Waals surface area contributed by atoms with Crippen molar-refractivity contribution in [3.63, 3.8) is 0 Å². The maximum Gasteiger partial charge on any atom is 0.460 e. The van der Waals surface area contributed by atoms with Crippen molar-refractivity contribution in [3.05, 3.63) is 0 Å². The van der Waals surface area contributed by atoms with Crippen LogP contribution in [0.25, 0.3) is 0 Å². The van der Waals surface area contributed by atoms with Gasteiger partial charge in [0.2, 0.25) is 0 Å². The van der Waals surface area contributed by atoms with Crippen LogP contribution in [0.4, 0.5) is 52.7 Å². The van der Waals surface area contributed by atoms with E-state index in [1.54, 1.807) is 0 Å². The highest BCUT2D eigenvalue weighted by molar-refractivity contribution is 5.04. The van der Waals surface area contributed by atoms with E-state index in [-0.39, 0.29) is 0 Å². The second-order valence-electron chi connectivity index (χ2n) is 3.22. The summed E-state index contributed by atoms with van der Waals surface area (Å²) in [6.07, 6.45) is -19.2. The van der Waals surface area contributed by atoms with Crippen LogP contribution in [0.5, 0.6) is 0 Å². The molecule has 0 rings (SSSR count). The molecule has 0 bridgehead atoms. The van der Waals surface area contributed by atoms with Gasteiger partial charge < -0.3 is 5.11 Å². The average Bonchev–Trinajstić information content (AvgIpc) is 2.12. The third-order valence-corrected chi connectivity index (χ3v) is 1.79. The summed E-state index contributed by atoms with van der Waals surface area (Å²) in [7, 11) is 0. The van der Waals surface area contributed by atoms with Crippen molar-refractivity contribution in [2.75, 3.05) is 0 Å². The predicted molar refractivity (Wildman–Crippen MR) is 33.0 cm³/mol. The van der Waals surface area contributed by atoms with E-state index in [2.05, 4.69) is 0 Å². The molecule has 0 saturated carbocycles. The van der Waals surface area contributed by atoms with E-state index in [4.69, 9.17) is 5.11 Å². The Morgan fingerprint density at radius 2 is 0.947 bits per heavy atom. The Kier molecular flexibility index (Phi) is 4.11. The Morgan fingerprint density at radius 3 is 1.16 bits per heavy atom. The van der Waals surface area contributed by atoms with Gasteiger partial charge in [-0.05, 0) is 0 Å². The van der Waals surface area contributed by atoms with Crippen molar-refractivity contribution in [1.29, 1.82) is 0 Å². The van der Waals surface area contributed by atoms with Crippen molar-refractivity contribution >= 4 is 0 Å². The smallest absolute Gasteiger partial charge is 0.334 e. The topological polar surface area (TPSA) is 20.2 Å². The Bertz CT molecular complexity index is 324. The van der Waals surface area contributed by atoms with E-state index in [0.29, 0.717) is 0 Å². The van der Waals surface area contributed by atoms with Crippen LogP contribution in [0, 0.1) is 0 Å². The fourth-order valence-corrected chi connectivity index (χ4v) is 0.765. The lowest BCUT2D eigenvalue weighted by Crippen LogP contribution is -2.66. The Labute approximate surface area is 95.3 Å². The summed E-state index contributed by atoms with van der Waals surface area (Å²) in [5.41, 5.74) is 0. The molecule has 0 aromatic heterocycles. The van der Waals surface area contributed by atoms with Crippen molar-refractivity contribution in [2.24, 2.45) is 0 Å². The van der Waals surface area contributed by atoms with Crippen molar-refractivity contribution in [1.82, 2.24) is 0 Å². The third kappa shape index (κ3) is 2.69. The SMILES string of the molecule is OC(F)(F)C(F)C(F)(F)C(F)(F)C(F)(F)C(F)(F)F. The van der Waals surface area contributed by atoms with E-state index in [0.717, 1.165) is 0 Å². The van der Waals surface area contributed by atoms with Crippen LogP contribution in [0.3, 0.4) is 0 Å². The van der Waals surface area contributed by atoms with Crippen LogP contribution in [0.15, 0.2) is 0 Å². The number of alkyl halides is 12.